The van der Waals surface area contributed by atoms with Crippen molar-refractivity contribution in [1.29, 1.82) is 0 Å². The molecule has 0 unspecified atom stereocenters. The molecule has 29 heavy (non-hydrogen) atoms. The lowest BCUT2D eigenvalue weighted by atomic mass is 10.2. The molecule has 0 spiro atoms. The molecular formula is C19H13Cl2N3O4S. The van der Waals surface area contributed by atoms with Crippen molar-refractivity contribution >= 4 is 57.8 Å². The third-order valence-electron chi connectivity index (χ3n) is 3.94. The summed E-state index contributed by atoms with van der Waals surface area (Å²) in [5.74, 6) is -0.153. The molecule has 0 saturated carbocycles. The topological polar surface area (TPSA) is 97.4 Å². The summed E-state index contributed by atoms with van der Waals surface area (Å²) >= 11 is 17.3. The van der Waals surface area contributed by atoms with Gasteiger partial charge in [-0.3, -0.25) is 20.2 Å². The number of rotatable bonds is 4. The van der Waals surface area contributed by atoms with Gasteiger partial charge in [-0.25, -0.2) is 0 Å². The fourth-order valence-corrected chi connectivity index (χ4v) is 3.12. The SMILES string of the molecule is Cc1cc([N+](=O)[O-])ccc1NC(=S)NC(=O)c1ccc(-c2cccc(Cl)c2Cl)o1. The molecule has 0 fully saturated rings. The number of benzene rings is 2. The van der Waals surface area contributed by atoms with Crippen LogP contribution in [0.4, 0.5) is 11.4 Å². The first-order valence-electron chi connectivity index (χ1n) is 8.18. The van der Waals surface area contributed by atoms with Crippen LogP contribution in [0.5, 0.6) is 0 Å². The Balaban J connectivity index is 1.69. The van der Waals surface area contributed by atoms with Gasteiger partial charge in [0.05, 0.1) is 15.0 Å². The highest BCUT2D eigenvalue weighted by Gasteiger charge is 2.17. The molecule has 3 rings (SSSR count). The number of nitro groups is 1. The van der Waals surface area contributed by atoms with Gasteiger partial charge in [0.15, 0.2) is 10.9 Å². The monoisotopic (exact) mass is 449 g/mol. The summed E-state index contributed by atoms with van der Waals surface area (Å²) in [6, 6.07) is 12.4. The summed E-state index contributed by atoms with van der Waals surface area (Å²) in [6.07, 6.45) is 0. The molecule has 1 aromatic heterocycles. The van der Waals surface area contributed by atoms with Gasteiger partial charge in [0.25, 0.3) is 11.6 Å². The number of thiocarbonyl (C=S) groups is 1. The predicted molar refractivity (Wildman–Crippen MR) is 116 cm³/mol. The molecule has 0 aliphatic carbocycles. The van der Waals surface area contributed by atoms with E-state index < -0.39 is 10.8 Å². The minimum Gasteiger partial charge on any atom is -0.451 e. The average molecular weight is 450 g/mol. The number of carbonyl (C=O) groups excluding carboxylic acids is 1. The Hall–Kier alpha value is -2.94. The fraction of sp³-hybridized carbons (Fsp3) is 0.0526. The third-order valence-corrected chi connectivity index (χ3v) is 4.97. The van der Waals surface area contributed by atoms with Gasteiger partial charge >= 0.3 is 0 Å². The number of nitro benzene ring substituents is 1. The molecule has 3 aromatic rings. The van der Waals surface area contributed by atoms with Crippen molar-refractivity contribution in [2.24, 2.45) is 0 Å². The van der Waals surface area contributed by atoms with Crippen molar-refractivity contribution in [3.63, 3.8) is 0 Å². The Morgan fingerprint density at radius 1 is 1.17 bits per heavy atom. The highest BCUT2D eigenvalue weighted by Crippen LogP contribution is 2.34. The lowest BCUT2D eigenvalue weighted by molar-refractivity contribution is -0.384. The second kappa shape index (κ2) is 8.60. The van der Waals surface area contributed by atoms with Crippen molar-refractivity contribution in [3.8, 4) is 11.3 Å². The lowest BCUT2D eigenvalue weighted by Gasteiger charge is -2.11. The van der Waals surface area contributed by atoms with Crippen molar-refractivity contribution < 1.29 is 14.1 Å². The molecule has 0 saturated heterocycles. The summed E-state index contributed by atoms with van der Waals surface area (Å²) in [6.45, 7) is 1.69. The van der Waals surface area contributed by atoms with Gasteiger partial charge < -0.3 is 9.73 Å². The fourth-order valence-electron chi connectivity index (χ4n) is 2.52. The van der Waals surface area contributed by atoms with Crippen LogP contribution in [0.3, 0.4) is 0 Å². The number of halogens is 2. The van der Waals surface area contributed by atoms with Gasteiger partial charge in [-0.15, -0.1) is 0 Å². The van der Waals surface area contributed by atoms with Crippen molar-refractivity contribution in [1.82, 2.24) is 5.32 Å². The van der Waals surface area contributed by atoms with E-state index >= 15 is 0 Å². The number of nitrogens with zero attached hydrogens (tertiary/aromatic N) is 1. The number of anilines is 1. The maximum absolute atomic E-state index is 12.4. The van der Waals surface area contributed by atoms with Crippen LogP contribution >= 0.6 is 35.4 Å². The van der Waals surface area contributed by atoms with E-state index in [1.165, 1.54) is 24.3 Å². The number of hydrogen-bond donors (Lipinski definition) is 2. The van der Waals surface area contributed by atoms with Crippen LogP contribution < -0.4 is 10.6 Å². The van der Waals surface area contributed by atoms with Crippen molar-refractivity contribution in [2.75, 3.05) is 5.32 Å². The van der Waals surface area contributed by atoms with Crippen LogP contribution in [-0.2, 0) is 0 Å². The molecule has 1 amide bonds. The quantitative estimate of drug-likeness (QED) is 0.305. The molecule has 148 valence electrons. The summed E-state index contributed by atoms with van der Waals surface area (Å²) in [7, 11) is 0. The molecule has 2 N–H and O–H groups in total. The van der Waals surface area contributed by atoms with Gasteiger partial charge in [-0.1, -0.05) is 29.3 Å². The van der Waals surface area contributed by atoms with Crippen LogP contribution in [-0.4, -0.2) is 15.9 Å². The second-order valence-corrected chi connectivity index (χ2v) is 7.12. The van der Waals surface area contributed by atoms with E-state index in [-0.39, 0.29) is 16.6 Å². The van der Waals surface area contributed by atoms with E-state index in [0.717, 1.165) is 0 Å². The Kier molecular flexibility index (Phi) is 6.17. The van der Waals surface area contributed by atoms with E-state index in [2.05, 4.69) is 10.6 Å². The Labute approximate surface area is 180 Å². The minimum atomic E-state index is -0.563. The Morgan fingerprint density at radius 2 is 1.93 bits per heavy atom. The van der Waals surface area contributed by atoms with E-state index in [1.807, 2.05) is 0 Å². The number of furan rings is 1. The summed E-state index contributed by atoms with van der Waals surface area (Å²) < 4.78 is 5.57. The Bertz CT molecular complexity index is 1130. The molecular weight excluding hydrogens is 437 g/mol. The maximum atomic E-state index is 12.4. The number of carbonyl (C=O) groups is 1. The molecule has 2 aromatic carbocycles. The first-order chi connectivity index (χ1) is 13.8. The predicted octanol–water partition coefficient (Wildman–Crippen LogP) is 5.60. The van der Waals surface area contributed by atoms with Crippen LogP contribution in [0.25, 0.3) is 11.3 Å². The molecule has 7 nitrogen and oxygen atoms in total. The number of non-ortho nitro benzene ring substituents is 1. The number of aryl methyl sites for hydroxylation is 1. The smallest absolute Gasteiger partial charge is 0.293 e. The zero-order valence-corrected chi connectivity index (χ0v) is 17.2. The Morgan fingerprint density at radius 3 is 2.62 bits per heavy atom. The highest BCUT2D eigenvalue weighted by molar-refractivity contribution is 7.80. The normalized spacial score (nSPS) is 10.4. The molecule has 0 radical (unpaired) electrons. The summed E-state index contributed by atoms with van der Waals surface area (Å²) in [5, 5.41) is 16.8. The van der Waals surface area contributed by atoms with Gasteiger partial charge in [0, 0.05) is 23.4 Å². The number of nitrogens with one attached hydrogen (secondary N) is 2. The largest absolute Gasteiger partial charge is 0.451 e. The molecule has 0 aliphatic rings. The van der Waals surface area contributed by atoms with Crippen LogP contribution in [0.2, 0.25) is 10.0 Å². The van der Waals surface area contributed by atoms with Crippen molar-refractivity contribution in [2.45, 2.75) is 6.92 Å². The highest BCUT2D eigenvalue weighted by atomic mass is 35.5. The summed E-state index contributed by atoms with van der Waals surface area (Å²) in [4.78, 5) is 22.7. The average Bonchev–Trinajstić information content (AvgIpc) is 3.15. The molecule has 0 atom stereocenters. The zero-order valence-electron chi connectivity index (χ0n) is 14.9. The van der Waals surface area contributed by atoms with Crippen LogP contribution in [0, 0.1) is 17.0 Å². The molecule has 0 aliphatic heterocycles. The van der Waals surface area contributed by atoms with Gasteiger partial charge in [0.2, 0.25) is 0 Å². The van der Waals surface area contributed by atoms with Crippen LogP contribution in [0.15, 0.2) is 52.9 Å². The van der Waals surface area contributed by atoms with E-state index in [1.54, 1.807) is 31.2 Å². The molecule has 10 heteroatoms. The lowest BCUT2D eigenvalue weighted by Crippen LogP contribution is -2.34. The summed E-state index contributed by atoms with van der Waals surface area (Å²) in [5.41, 5.74) is 1.66. The maximum Gasteiger partial charge on any atom is 0.293 e. The van der Waals surface area contributed by atoms with E-state index in [9.17, 15) is 14.9 Å². The number of hydrogen-bond acceptors (Lipinski definition) is 5. The molecule has 1 heterocycles. The zero-order chi connectivity index (χ0) is 21.1. The van der Waals surface area contributed by atoms with E-state index in [4.69, 9.17) is 39.8 Å². The van der Waals surface area contributed by atoms with Gasteiger partial charge in [0.1, 0.15) is 5.76 Å². The van der Waals surface area contributed by atoms with E-state index in [0.29, 0.717) is 32.6 Å². The molecule has 0 bridgehead atoms. The number of amides is 1. The third kappa shape index (κ3) is 4.73. The van der Waals surface area contributed by atoms with Gasteiger partial charge in [-0.05, 0) is 55.0 Å². The van der Waals surface area contributed by atoms with Crippen molar-refractivity contribution in [3.05, 3.63) is 80.0 Å². The second-order valence-electron chi connectivity index (χ2n) is 5.93. The van der Waals surface area contributed by atoms with Crippen LogP contribution in [0.1, 0.15) is 16.1 Å². The van der Waals surface area contributed by atoms with Gasteiger partial charge in [-0.2, -0.15) is 0 Å². The first-order valence-corrected chi connectivity index (χ1v) is 9.34. The first kappa shape index (κ1) is 20.8. The minimum absolute atomic E-state index is 0.0192. The standard InChI is InChI=1S/C19H13Cl2N3O4S/c1-10-9-11(24(26)27)5-6-14(10)22-19(29)23-18(25)16-8-7-15(28-16)12-3-2-4-13(20)17(12)21/h2-9H,1H3,(H2,22,23,25,29).